The number of anilines is 1. The van der Waals surface area contributed by atoms with E-state index in [1.807, 2.05) is 72.8 Å². The number of pyridine rings is 2. The largest absolute Gasteiger partial charge is 0.497 e. The second-order valence-corrected chi connectivity index (χ2v) is 11.0. The maximum Gasteiger partial charge on any atom is 0.300 e. The Balaban J connectivity index is 1.50. The van der Waals surface area contributed by atoms with Crippen molar-refractivity contribution < 1.29 is 27.9 Å². The molecule has 0 radical (unpaired) electrons. The Morgan fingerprint density at radius 2 is 1.55 bits per heavy atom. The number of fused-ring (bicyclic) bond motifs is 1. The summed E-state index contributed by atoms with van der Waals surface area (Å²) < 4.78 is 40.0. The smallest absolute Gasteiger partial charge is 0.300 e. The zero-order chi connectivity index (χ0) is 34.3. The number of nitrogens with zero attached hydrogens (tertiary/aromatic N) is 2. The summed E-state index contributed by atoms with van der Waals surface area (Å²) in [6.45, 7) is -0.157. The molecular formula is C38H32F2N4O5. The standard InChI is InChI=1S/C38H32F2N4O5/c1-47-30-16-14-27(33(19-30)48-2)21-41-35-31-17-28(25-11-7-4-8-12-25)22-42-36(31)44(49-23-24-9-5-3-6-10-24)38(46)34(35)37(45)43-20-26-13-15-29(39)18-32(26)40/h3-19,22,41H,20-21,23H2,1-2H3,(H,43,45). The van der Waals surface area contributed by atoms with Crippen LogP contribution in [0.2, 0.25) is 0 Å². The summed E-state index contributed by atoms with van der Waals surface area (Å²) in [5.41, 5.74) is 2.41. The molecule has 9 nitrogen and oxygen atoms in total. The molecule has 6 rings (SSSR count). The molecule has 6 aromatic rings. The first kappa shape index (κ1) is 32.7. The summed E-state index contributed by atoms with van der Waals surface area (Å²) >= 11 is 0. The molecule has 0 saturated heterocycles. The van der Waals surface area contributed by atoms with Crippen LogP contribution in [0, 0.1) is 11.6 Å². The number of hydrogen-bond acceptors (Lipinski definition) is 7. The highest BCUT2D eigenvalue weighted by Gasteiger charge is 2.25. The number of benzene rings is 4. The third-order valence-corrected chi connectivity index (χ3v) is 7.92. The predicted octanol–water partition coefficient (Wildman–Crippen LogP) is 6.53. The molecule has 0 aliphatic carbocycles. The van der Waals surface area contributed by atoms with Crippen LogP contribution in [0.5, 0.6) is 11.5 Å². The van der Waals surface area contributed by atoms with Gasteiger partial charge in [0.1, 0.15) is 35.3 Å². The van der Waals surface area contributed by atoms with Gasteiger partial charge in [0, 0.05) is 53.5 Å². The molecule has 0 bridgehead atoms. The van der Waals surface area contributed by atoms with Gasteiger partial charge in [-0.15, -0.1) is 4.73 Å². The maximum atomic E-state index is 14.5. The number of carbonyl (C=O) groups is 1. The molecule has 1 amide bonds. The van der Waals surface area contributed by atoms with Gasteiger partial charge in [-0.1, -0.05) is 66.7 Å². The minimum absolute atomic E-state index is 0.00956. The first-order valence-electron chi connectivity index (χ1n) is 15.3. The lowest BCUT2D eigenvalue weighted by Gasteiger charge is -2.20. The Bertz CT molecular complexity index is 2180. The Morgan fingerprint density at radius 3 is 2.27 bits per heavy atom. The SMILES string of the molecule is COc1ccc(CNc2c(C(=O)NCc3ccc(F)cc3F)c(=O)n(OCc3ccccc3)c3ncc(-c4ccccc4)cc23)c(OC)c1. The summed E-state index contributed by atoms with van der Waals surface area (Å²) in [7, 11) is 3.08. The topological polar surface area (TPSA) is 104 Å². The van der Waals surface area contributed by atoms with E-state index in [2.05, 4.69) is 15.6 Å². The highest BCUT2D eigenvalue weighted by molar-refractivity contribution is 6.07. The molecule has 2 aromatic heterocycles. The third kappa shape index (κ3) is 7.20. The molecule has 0 fully saturated rings. The van der Waals surface area contributed by atoms with E-state index in [-0.39, 0.29) is 42.2 Å². The minimum Gasteiger partial charge on any atom is -0.497 e. The highest BCUT2D eigenvalue weighted by Crippen LogP contribution is 2.31. The fourth-order valence-electron chi connectivity index (χ4n) is 5.37. The fourth-order valence-corrected chi connectivity index (χ4v) is 5.37. The molecular weight excluding hydrogens is 630 g/mol. The predicted molar refractivity (Wildman–Crippen MR) is 183 cm³/mol. The lowest BCUT2D eigenvalue weighted by Crippen LogP contribution is -2.37. The summed E-state index contributed by atoms with van der Waals surface area (Å²) in [4.78, 5) is 39.0. The molecule has 0 unspecified atom stereocenters. The molecule has 11 heteroatoms. The van der Waals surface area contributed by atoms with Crippen molar-refractivity contribution in [2.75, 3.05) is 19.5 Å². The van der Waals surface area contributed by atoms with Crippen LogP contribution in [0.3, 0.4) is 0 Å². The van der Waals surface area contributed by atoms with E-state index in [0.29, 0.717) is 22.4 Å². The number of ether oxygens (including phenoxy) is 2. The summed E-state index contributed by atoms with van der Waals surface area (Å²) in [5, 5.41) is 6.34. The molecule has 0 atom stereocenters. The highest BCUT2D eigenvalue weighted by atomic mass is 19.1. The van der Waals surface area contributed by atoms with Crippen LogP contribution in [-0.4, -0.2) is 29.8 Å². The van der Waals surface area contributed by atoms with E-state index < -0.39 is 23.1 Å². The van der Waals surface area contributed by atoms with Crippen molar-refractivity contribution in [1.29, 1.82) is 0 Å². The number of methoxy groups -OCH3 is 2. The van der Waals surface area contributed by atoms with Gasteiger partial charge in [0.05, 0.1) is 19.9 Å². The summed E-state index contributed by atoms with van der Waals surface area (Å²) in [5.74, 6) is -1.26. The van der Waals surface area contributed by atoms with Gasteiger partial charge in [-0.3, -0.25) is 9.59 Å². The summed E-state index contributed by atoms with van der Waals surface area (Å²) in [6, 6.07) is 29.0. The molecule has 0 spiro atoms. The first-order valence-corrected chi connectivity index (χ1v) is 15.3. The van der Waals surface area contributed by atoms with Crippen molar-refractivity contribution >= 4 is 22.6 Å². The van der Waals surface area contributed by atoms with Crippen LogP contribution in [0.25, 0.3) is 22.2 Å². The molecule has 2 N–H and O–H groups in total. The monoisotopic (exact) mass is 662 g/mol. The fraction of sp³-hybridized carbons (Fsp3) is 0.132. The number of carbonyl (C=O) groups excluding carboxylic acids is 1. The van der Waals surface area contributed by atoms with Crippen molar-refractivity contribution in [2.24, 2.45) is 0 Å². The minimum atomic E-state index is -0.830. The Hall–Kier alpha value is -6.23. The van der Waals surface area contributed by atoms with Crippen LogP contribution >= 0.6 is 0 Å². The molecule has 2 heterocycles. The quantitative estimate of drug-likeness (QED) is 0.154. The van der Waals surface area contributed by atoms with Gasteiger partial charge < -0.3 is 24.9 Å². The van der Waals surface area contributed by atoms with Gasteiger partial charge in [0.25, 0.3) is 11.5 Å². The van der Waals surface area contributed by atoms with Crippen LogP contribution < -0.4 is 30.5 Å². The van der Waals surface area contributed by atoms with Gasteiger partial charge >= 0.3 is 0 Å². The molecule has 4 aromatic carbocycles. The van der Waals surface area contributed by atoms with E-state index in [4.69, 9.17) is 14.3 Å². The van der Waals surface area contributed by atoms with E-state index in [1.54, 1.807) is 25.4 Å². The first-order chi connectivity index (χ1) is 23.9. The number of rotatable bonds is 12. The number of amides is 1. The van der Waals surface area contributed by atoms with Crippen molar-refractivity contribution in [1.82, 2.24) is 15.0 Å². The van der Waals surface area contributed by atoms with Crippen LogP contribution in [0.15, 0.2) is 114 Å². The van der Waals surface area contributed by atoms with Gasteiger partial charge in [-0.25, -0.2) is 13.8 Å². The molecule has 0 saturated carbocycles. The average molecular weight is 663 g/mol. The van der Waals surface area contributed by atoms with Crippen molar-refractivity contribution in [2.45, 2.75) is 19.7 Å². The summed E-state index contributed by atoms with van der Waals surface area (Å²) in [6.07, 6.45) is 1.63. The zero-order valence-corrected chi connectivity index (χ0v) is 26.7. The Kier molecular flexibility index (Phi) is 9.80. The lowest BCUT2D eigenvalue weighted by atomic mass is 10.0. The normalized spacial score (nSPS) is 10.9. The van der Waals surface area contributed by atoms with E-state index >= 15 is 0 Å². The number of nitrogens with one attached hydrogen (secondary N) is 2. The van der Waals surface area contributed by atoms with Crippen molar-refractivity contribution in [3.63, 3.8) is 0 Å². The van der Waals surface area contributed by atoms with Gasteiger partial charge in [0.2, 0.25) is 0 Å². The molecule has 49 heavy (non-hydrogen) atoms. The average Bonchev–Trinajstić information content (AvgIpc) is 3.13. The van der Waals surface area contributed by atoms with E-state index in [1.165, 1.54) is 13.2 Å². The van der Waals surface area contributed by atoms with Crippen molar-refractivity contribution in [3.8, 4) is 22.6 Å². The van der Waals surface area contributed by atoms with Crippen LogP contribution in [0.1, 0.15) is 27.0 Å². The lowest BCUT2D eigenvalue weighted by molar-refractivity contribution is 0.0898. The van der Waals surface area contributed by atoms with Crippen LogP contribution in [-0.2, 0) is 19.7 Å². The second-order valence-electron chi connectivity index (χ2n) is 11.0. The maximum absolute atomic E-state index is 14.5. The van der Waals surface area contributed by atoms with Gasteiger partial charge in [0.15, 0.2) is 5.65 Å². The van der Waals surface area contributed by atoms with Gasteiger partial charge in [-0.05, 0) is 35.4 Å². The Morgan fingerprint density at radius 1 is 0.816 bits per heavy atom. The number of hydrogen-bond donors (Lipinski definition) is 2. The van der Waals surface area contributed by atoms with Crippen molar-refractivity contribution in [3.05, 3.63) is 154 Å². The van der Waals surface area contributed by atoms with Gasteiger partial charge in [-0.2, -0.15) is 0 Å². The molecule has 0 aliphatic heterocycles. The molecule has 248 valence electrons. The molecule has 0 aliphatic rings. The van der Waals surface area contributed by atoms with E-state index in [0.717, 1.165) is 33.6 Å². The zero-order valence-electron chi connectivity index (χ0n) is 26.7. The van der Waals surface area contributed by atoms with E-state index in [9.17, 15) is 18.4 Å². The van der Waals surface area contributed by atoms with Crippen LogP contribution in [0.4, 0.5) is 14.5 Å². The third-order valence-electron chi connectivity index (χ3n) is 7.92. The Labute approximate surface area is 280 Å². The number of halogens is 2. The second kappa shape index (κ2) is 14.7. The number of aromatic nitrogens is 2.